The molecule has 0 unspecified atom stereocenters. The number of para-hydroxylation sites is 2. The van der Waals surface area contributed by atoms with Gasteiger partial charge < -0.3 is 9.13 Å². The van der Waals surface area contributed by atoms with Crippen LogP contribution in [0.25, 0.3) is 66.4 Å². The number of nitrogens with zero attached hydrogens (tertiary/aromatic N) is 4. The Morgan fingerprint density at radius 2 is 0.950 bits per heavy atom. The molecule has 1 aliphatic heterocycles. The van der Waals surface area contributed by atoms with E-state index in [0.29, 0.717) is 0 Å². The number of hydrogen-bond acceptors (Lipinski definition) is 2. The zero-order chi connectivity index (χ0) is 26.8. The van der Waals surface area contributed by atoms with E-state index in [4.69, 9.17) is 9.97 Å². The lowest BCUT2D eigenvalue weighted by Gasteiger charge is -2.12. The fraction of sp³-hybridized carbons (Fsp3) is 0.167. The van der Waals surface area contributed by atoms with Gasteiger partial charge in [-0.15, -0.1) is 0 Å². The highest BCUT2D eigenvalue weighted by Gasteiger charge is 2.20. The zero-order valence-corrected chi connectivity index (χ0v) is 22.9. The summed E-state index contributed by atoms with van der Waals surface area (Å²) in [4.78, 5) is 10.7. The maximum Gasteiger partial charge on any atom is 0.0973 e. The third-order valence-corrected chi connectivity index (χ3v) is 8.72. The van der Waals surface area contributed by atoms with Gasteiger partial charge in [0, 0.05) is 46.7 Å². The van der Waals surface area contributed by atoms with Crippen molar-refractivity contribution in [2.24, 2.45) is 14.1 Å². The van der Waals surface area contributed by atoms with Crippen molar-refractivity contribution < 1.29 is 0 Å². The Morgan fingerprint density at radius 1 is 0.525 bits per heavy atom. The minimum atomic E-state index is 0.959. The predicted octanol–water partition coefficient (Wildman–Crippen LogP) is 8.54. The maximum absolute atomic E-state index is 5.35. The number of allylic oxidation sites excluding steroid dienone is 2. The highest BCUT2D eigenvalue weighted by Crippen LogP contribution is 2.37. The van der Waals surface area contributed by atoms with Gasteiger partial charge in [0.2, 0.25) is 0 Å². The Bertz CT molecular complexity index is 1990. The average Bonchev–Trinajstić information content (AvgIpc) is 3.44. The van der Waals surface area contributed by atoms with Gasteiger partial charge in [-0.3, -0.25) is 0 Å². The van der Waals surface area contributed by atoms with Gasteiger partial charge in [0.25, 0.3) is 0 Å². The molecule has 194 valence electrons. The van der Waals surface area contributed by atoms with Crippen molar-refractivity contribution in [2.75, 3.05) is 0 Å². The average molecular weight is 519 g/mol. The molecule has 4 bridgehead atoms. The number of hydrogen-bond donors (Lipinski definition) is 0. The number of fused-ring (bicyclic) bond motifs is 10. The molecule has 0 fully saturated rings. The maximum atomic E-state index is 5.35. The SMILES string of the molecule is Cn1c2c(c3ccccc31)CC/C=C\CCc1c(n(C)c3ccccc13)-c1ccc3ccc4ccc-2nc4c3n1. The molecule has 5 heterocycles. The summed E-state index contributed by atoms with van der Waals surface area (Å²) in [5.41, 5.74) is 11.6. The molecular formula is C36H30N4. The van der Waals surface area contributed by atoms with Crippen LogP contribution in [0.4, 0.5) is 0 Å². The molecule has 0 amide bonds. The van der Waals surface area contributed by atoms with E-state index in [1.54, 1.807) is 0 Å². The van der Waals surface area contributed by atoms with E-state index >= 15 is 0 Å². The van der Waals surface area contributed by atoms with E-state index in [2.05, 4.69) is 120 Å². The lowest BCUT2D eigenvalue weighted by molar-refractivity contribution is 0.927. The molecule has 4 heteroatoms. The Hall–Kier alpha value is -4.70. The van der Waals surface area contributed by atoms with E-state index < -0.39 is 0 Å². The van der Waals surface area contributed by atoms with Gasteiger partial charge in [-0.25, -0.2) is 9.97 Å². The van der Waals surface area contributed by atoms with Gasteiger partial charge in [-0.1, -0.05) is 72.8 Å². The Kier molecular flexibility index (Phi) is 5.18. The topological polar surface area (TPSA) is 35.6 Å². The molecule has 1 aliphatic rings. The zero-order valence-electron chi connectivity index (χ0n) is 22.9. The van der Waals surface area contributed by atoms with Crippen LogP contribution in [0.2, 0.25) is 0 Å². The molecule has 0 saturated carbocycles. The largest absolute Gasteiger partial charge is 0.342 e. The summed E-state index contributed by atoms with van der Waals surface area (Å²) in [5, 5.41) is 4.86. The molecule has 40 heavy (non-hydrogen) atoms. The third-order valence-electron chi connectivity index (χ3n) is 8.72. The summed E-state index contributed by atoms with van der Waals surface area (Å²) in [6.07, 6.45) is 8.68. The molecular weight excluding hydrogens is 488 g/mol. The Labute approximate surface area is 233 Å². The normalized spacial score (nSPS) is 14.6. The third kappa shape index (κ3) is 3.39. The van der Waals surface area contributed by atoms with Crippen molar-refractivity contribution in [1.29, 1.82) is 0 Å². The van der Waals surface area contributed by atoms with Gasteiger partial charge >= 0.3 is 0 Å². The Morgan fingerprint density at radius 3 is 1.43 bits per heavy atom. The van der Waals surface area contributed by atoms with Crippen molar-refractivity contribution >= 4 is 43.6 Å². The molecule has 8 rings (SSSR count). The van der Waals surface area contributed by atoms with Crippen LogP contribution in [0.15, 0.2) is 97.1 Å². The van der Waals surface area contributed by atoms with Crippen LogP contribution in [0, 0.1) is 0 Å². The summed E-state index contributed by atoms with van der Waals surface area (Å²) in [5.74, 6) is 0. The standard InChI is InChI=1S/C36H30N4/c1-39-31-15-9-7-11-25(31)27-13-5-3-4-6-14-28-26-12-8-10-16-32(26)40(2)36(28)30-22-20-24-18-17-23-19-21-29(35(27)39)37-33(23)34(24)38-30/h3-4,7-12,15-22H,5-6,13-14H2,1-2H3/b4-3-. The highest BCUT2D eigenvalue weighted by atomic mass is 15.0. The monoisotopic (exact) mass is 518 g/mol. The first-order valence-corrected chi connectivity index (χ1v) is 14.2. The van der Waals surface area contributed by atoms with Crippen molar-refractivity contribution in [3.05, 3.63) is 108 Å². The number of pyridine rings is 2. The summed E-state index contributed by atoms with van der Waals surface area (Å²) < 4.78 is 4.63. The van der Waals surface area contributed by atoms with Crippen LogP contribution in [-0.4, -0.2) is 19.1 Å². The van der Waals surface area contributed by atoms with Crippen LogP contribution in [-0.2, 0) is 26.9 Å². The smallest absolute Gasteiger partial charge is 0.0973 e. The second kappa shape index (κ2) is 8.92. The van der Waals surface area contributed by atoms with Gasteiger partial charge in [-0.2, -0.15) is 0 Å². The van der Waals surface area contributed by atoms with E-state index in [9.17, 15) is 0 Å². The van der Waals surface area contributed by atoms with E-state index in [1.807, 2.05) is 0 Å². The first-order valence-electron chi connectivity index (χ1n) is 14.2. The van der Waals surface area contributed by atoms with E-state index in [0.717, 1.165) is 58.9 Å². The molecule has 7 aromatic rings. The summed E-state index contributed by atoms with van der Waals surface area (Å²) in [6, 6.07) is 30.6. The predicted molar refractivity (Wildman–Crippen MR) is 167 cm³/mol. The molecule has 0 spiro atoms. The second-order valence-corrected chi connectivity index (χ2v) is 11.0. The van der Waals surface area contributed by atoms with Crippen LogP contribution >= 0.6 is 0 Å². The van der Waals surface area contributed by atoms with Crippen molar-refractivity contribution in [3.63, 3.8) is 0 Å². The van der Waals surface area contributed by atoms with E-state index in [1.165, 1.54) is 44.3 Å². The van der Waals surface area contributed by atoms with Gasteiger partial charge in [0.15, 0.2) is 0 Å². The summed E-state index contributed by atoms with van der Waals surface area (Å²) in [7, 11) is 4.34. The summed E-state index contributed by atoms with van der Waals surface area (Å²) in [6.45, 7) is 0. The second-order valence-electron chi connectivity index (χ2n) is 11.0. The fourth-order valence-corrected chi connectivity index (χ4v) is 6.83. The van der Waals surface area contributed by atoms with Crippen LogP contribution in [0.5, 0.6) is 0 Å². The molecule has 4 aromatic heterocycles. The summed E-state index contributed by atoms with van der Waals surface area (Å²) >= 11 is 0. The van der Waals surface area contributed by atoms with E-state index in [-0.39, 0.29) is 0 Å². The Balaban J connectivity index is 1.45. The van der Waals surface area contributed by atoms with Crippen molar-refractivity contribution in [1.82, 2.24) is 19.1 Å². The lowest BCUT2D eigenvalue weighted by Crippen LogP contribution is -1.99. The molecule has 0 atom stereocenters. The molecule has 3 aromatic carbocycles. The van der Waals surface area contributed by atoms with Gasteiger partial charge in [0.05, 0.1) is 33.8 Å². The number of aryl methyl sites for hydroxylation is 4. The van der Waals surface area contributed by atoms with Crippen LogP contribution in [0.1, 0.15) is 24.0 Å². The van der Waals surface area contributed by atoms with Gasteiger partial charge in [0.1, 0.15) is 0 Å². The number of benzene rings is 3. The molecule has 0 aliphatic carbocycles. The minimum Gasteiger partial charge on any atom is -0.342 e. The fourth-order valence-electron chi connectivity index (χ4n) is 6.83. The molecule has 0 N–H and O–H groups in total. The molecule has 4 nitrogen and oxygen atoms in total. The molecule has 0 saturated heterocycles. The van der Waals surface area contributed by atoms with Gasteiger partial charge in [-0.05, 0) is 61.1 Å². The highest BCUT2D eigenvalue weighted by molar-refractivity contribution is 6.05. The number of rotatable bonds is 0. The minimum absolute atomic E-state index is 0.959. The van der Waals surface area contributed by atoms with Crippen LogP contribution < -0.4 is 0 Å². The van der Waals surface area contributed by atoms with Crippen LogP contribution in [0.3, 0.4) is 0 Å². The first-order chi connectivity index (χ1) is 19.7. The number of aromatic nitrogens is 4. The lowest BCUT2D eigenvalue weighted by atomic mass is 10.0. The quantitative estimate of drug-likeness (QED) is 0.149. The van der Waals surface area contributed by atoms with Crippen molar-refractivity contribution in [2.45, 2.75) is 25.7 Å². The first kappa shape index (κ1) is 23.2. The van der Waals surface area contributed by atoms with Crippen molar-refractivity contribution in [3.8, 4) is 22.8 Å². The molecule has 0 radical (unpaired) electrons.